The van der Waals surface area contributed by atoms with Crippen molar-refractivity contribution in [2.45, 2.75) is 12.8 Å². The van der Waals surface area contributed by atoms with Gasteiger partial charge in [0.1, 0.15) is 0 Å². The zero-order valence-corrected chi connectivity index (χ0v) is 10.7. The van der Waals surface area contributed by atoms with E-state index in [9.17, 15) is 0 Å². The van der Waals surface area contributed by atoms with E-state index < -0.39 is 0 Å². The monoisotopic (exact) mass is 294 g/mol. The third-order valence-corrected chi connectivity index (χ3v) is 2.90. The van der Waals surface area contributed by atoms with E-state index in [0.29, 0.717) is 5.88 Å². The van der Waals surface area contributed by atoms with E-state index >= 15 is 0 Å². The molecule has 0 aliphatic rings. The number of pyridine rings is 1. The zero-order chi connectivity index (χ0) is 9.42. The maximum atomic E-state index is 5.83. The predicted molar refractivity (Wildman–Crippen MR) is 64.4 cm³/mol. The summed E-state index contributed by atoms with van der Waals surface area (Å²) in [6, 6.07) is 3.94. The second-order valence-electron chi connectivity index (χ2n) is 2.83. The molecule has 0 spiro atoms. The van der Waals surface area contributed by atoms with Crippen LogP contribution < -0.4 is 0 Å². The van der Waals surface area contributed by atoms with Crippen LogP contribution in [0.2, 0.25) is 0 Å². The number of imidazole rings is 1. The Hall–Kier alpha value is -0.250. The molecule has 14 heavy (non-hydrogen) atoms. The first-order valence-corrected chi connectivity index (χ1v) is 5.25. The molecule has 76 valence electrons. The van der Waals surface area contributed by atoms with E-state index in [0.717, 1.165) is 21.5 Å². The first kappa shape index (κ1) is 11.8. The summed E-state index contributed by atoms with van der Waals surface area (Å²) in [5, 5.41) is 0. The summed E-state index contributed by atoms with van der Waals surface area (Å²) in [6.07, 6.45) is 1.97. The number of hydrogen-bond donors (Lipinski definition) is 0. The molecule has 0 saturated carbocycles. The van der Waals surface area contributed by atoms with Gasteiger partial charge >= 0.3 is 0 Å². The normalized spacial score (nSPS) is 10.2. The summed E-state index contributed by atoms with van der Waals surface area (Å²) < 4.78 is 3.00. The van der Waals surface area contributed by atoms with Crippen LogP contribution in [0.1, 0.15) is 11.4 Å². The van der Waals surface area contributed by atoms with Gasteiger partial charge in [0.05, 0.1) is 21.7 Å². The molecule has 2 rings (SSSR count). The Morgan fingerprint density at radius 2 is 2.29 bits per heavy atom. The van der Waals surface area contributed by atoms with Crippen LogP contribution in [-0.2, 0) is 5.88 Å². The van der Waals surface area contributed by atoms with Crippen molar-refractivity contribution >= 4 is 45.6 Å². The summed E-state index contributed by atoms with van der Waals surface area (Å²) in [6.45, 7) is 1.97. The molecule has 5 heteroatoms. The second-order valence-corrected chi connectivity index (χ2v) is 3.95. The van der Waals surface area contributed by atoms with Gasteiger partial charge in [0.2, 0.25) is 0 Å². The molecule has 0 radical (unpaired) electrons. The smallest absolute Gasteiger partial charge is 0.151 e. The van der Waals surface area contributed by atoms with Crippen LogP contribution in [0.15, 0.2) is 22.8 Å². The highest BCUT2D eigenvalue weighted by atomic mass is 79.9. The van der Waals surface area contributed by atoms with Crippen molar-refractivity contribution in [2.24, 2.45) is 0 Å². The molecule has 0 aromatic carbocycles. The summed E-state index contributed by atoms with van der Waals surface area (Å²) in [4.78, 5) is 4.42. The van der Waals surface area contributed by atoms with Crippen LogP contribution in [0.5, 0.6) is 0 Å². The van der Waals surface area contributed by atoms with Gasteiger partial charge in [-0.05, 0) is 35.0 Å². The molecule has 2 nitrogen and oxygen atoms in total. The maximum absolute atomic E-state index is 5.83. The van der Waals surface area contributed by atoms with E-state index in [4.69, 9.17) is 11.6 Å². The fraction of sp³-hybridized carbons (Fsp3) is 0.222. The summed E-state index contributed by atoms with van der Waals surface area (Å²) >= 11 is 9.28. The maximum Gasteiger partial charge on any atom is 0.151 e. The fourth-order valence-corrected chi connectivity index (χ4v) is 2.11. The first-order valence-electron chi connectivity index (χ1n) is 3.92. The molecule has 0 aliphatic heterocycles. The molecule has 0 aliphatic carbocycles. The molecule has 2 aromatic heterocycles. The number of alkyl halides is 1. The standard InChI is InChI=1S/C9H8BrClN2.ClH/c1-6-8(5-11)13-4-2-3-7(10)9(13)12-6;/h2-4H,5H2,1H3;1H. The van der Waals surface area contributed by atoms with Crippen molar-refractivity contribution in [3.63, 3.8) is 0 Å². The number of aromatic nitrogens is 2. The van der Waals surface area contributed by atoms with Crippen LogP contribution in [0.3, 0.4) is 0 Å². The van der Waals surface area contributed by atoms with Gasteiger partial charge in [0.15, 0.2) is 5.65 Å². The van der Waals surface area contributed by atoms with Gasteiger partial charge in [-0.25, -0.2) is 4.98 Å². The molecule has 0 saturated heterocycles. The van der Waals surface area contributed by atoms with Crippen LogP contribution in [0.25, 0.3) is 5.65 Å². The molecular formula is C9H9BrCl2N2. The van der Waals surface area contributed by atoms with E-state index in [1.54, 1.807) is 0 Å². The van der Waals surface area contributed by atoms with Gasteiger partial charge < -0.3 is 4.40 Å². The lowest BCUT2D eigenvalue weighted by molar-refractivity contribution is 1.07. The van der Waals surface area contributed by atoms with Gasteiger partial charge in [0.25, 0.3) is 0 Å². The van der Waals surface area contributed by atoms with Gasteiger partial charge in [-0.1, -0.05) is 0 Å². The van der Waals surface area contributed by atoms with Crippen LogP contribution >= 0.6 is 39.9 Å². The van der Waals surface area contributed by atoms with Crippen LogP contribution in [-0.4, -0.2) is 9.38 Å². The predicted octanol–water partition coefficient (Wildman–Crippen LogP) is 3.57. The average Bonchev–Trinajstić information content (AvgIpc) is 2.43. The number of nitrogens with zero attached hydrogens (tertiary/aromatic N) is 2. The molecule has 0 atom stereocenters. The highest BCUT2D eigenvalue weighted by Crippen LogP contribution is 2.20. The lowest BCUT2D eigenvalue weighted by Gasteiger charge is -1.98. The summed E-state index contributed by atoms with van der Waals surface area (Å²) in [7, 11) is 0. The third kappa shape index (κ3) is 1.76. The first-order chi connectivity index (χ1) is 6.24. The largest absolute Gasteiger partial charge is 0.302 e. The number of hydrogen-bond acceptors (Lipinski definition) is 1. The van der Waals surface area contributed by atoms with Gasteiger partial charge in [0, 0.05) is 6.20 Å². The number of fused-ring (bicyclic) bond motifs is 1. The van der Waals surface area contributed by atoms with Crippen LogP contribution in [0, 0.1) is 6.92 Å². The fourth-order valence-electron chi connectivity index (χ4n) is 1.36. The van der Waals surface area contributed by atoms with E-state index in [1.807, 2.05) is 29.7 Å². The third-order valence-electron chi connectivity index (χ3n) is 2.03. The van der Waals surface area contributed by atoms with Crippen molar-refractivity contribution in [3.8, 4) is 0 Å². The minimum atomic E-state index is 0. The highest BCUT2D eigenvalue weighted by molar-refractivity contribution is 9.10. The molecular weight excluding hydrogens is 287 g/mol. The zero-order valence-electron chi connectivity index (χ0n) is 7.50. The SMILES string of the molecule is Cc1nc2c(Br)cccn2c1CCl.Cl. The Balaban J connectivity index is 0.000000980. The molecule has 2 heterocycles. The minimum Gasteiger partial charge on any atom is -0.302 e. The lowest BCUT2D eigenvalue weighted by Crippen LogP contribution is -1.90. The lowest BCUT2D eigenvalue weighted by atomic mass is 10.4. The molecule has 0 unspecified atom stereocenters. The quantitative estimate of drug-likeness (QED) is 0.735. The van der Waals surface area contributed by atoms with Crippen molar-refractivity contribution in [2.75, 3.05) is 0 Å². The molecule has 0 amide bonds. The average molecular weight is 296 g/mol. The van der Waals surface area contributed by atoms with Crippen molar-refractivity contribution < 1.29 is 0 Å². The van der Waals surface area contributed by atoms with Gasteiger partial charge in [-0.15, -0.1) is 24.0 Å². The minimum absolute atomic E-state index is 0. The Labute approximate surface area is 102 Å². The Kier molecular flexibility index (Phi) is 3.81. The molecule has 2 aromatic rings. The molecule has 0 fully saturated rings. The summed E-state index contributed by atoms with van der Waals surface area (Å²) in [5.41, 5.74) is 2.97. The second kappa shape index (κ2) is 4.51. The Morgan fingerprint density at radius 1 is 1.57 bits per heavy atom. The topological polar surface area (TPSA) is 17.3 Å². The van der Waals surface area contributed by atoms with Crippen molar-refractivity contribution in [1.29, 1.82) is 0 Å². The number of rotatable bonds is 1. The van der Waals surface area contributed by atoms with Crippen molar-refractivity contribution in [1.82, 2.24) is 9.38 Å². The van der Waals surface area contributed by atoms with Crippen LogP contribution in [0.4, 0.5) is 0 Å². The molecule has 0 bridgehead atoms. The van der Waals surface area contributed by atoms with Gasteiger partial charge in [-0.2, -0.15) is 0 Å². The molecule has 0 N–H and O–H groups in total. The van der Waals surface area contributed by atoms with Crippen molar-refractivity contribution in [3.05, 3.63) is 34.2 Å². The Morgan fingerprint density at radius 3 is 2.93 bits per heavy atom. The number of aryl methyl sites for hydroxylation is 1. The van der Waals surface area contributed by atoms with E-state index in [-0.39, 0.29) is 12.4 Å². The highest BCUT2D eigenvalue weighted by Gasteiger charge is 2.08. The van der Waals surface area contributed by atoms with Gasteiger partial charge in [-0.3, -0.25) is 0 Å². The van der Waals surface area contributed by atoms with E-state index in [2.05, 4.69) is 20.9 Å². The Bertz CT molecular complexity index is 453. The number of halogens is 3. The summed E-state index contributed by atoms with van der Waals surface area (Å²) in [5.74, 6) is 0.490. The van der Waals surface area contributed by atoms with E-state index in [1.165, 1.54) is 0 Å².